The number of benzene rings is 1. The van der Waals surface area contributed by atoms with Gasteiger partial charge in [0.2, 0.25) is 0 Å². The molecule has 1 heterocycles. The zero-order chi connectivity index (χ0) is 14.0. The normalized spacial score (nSPS) is 23.8. The molecule has 0 aliphatic carbocycles. The summed E-state index contributed by atoms with van der Waals surface area (Å²) >= 11 is 0. The third-order valence-electron chi connectivity index (χ3n) is 4.02. The van der Waals surface area contributed by atoms with Crippen molar-refractivity contribution in [1.29, 1.82) is 0 Å². The SMILES string of the molecule is C[C@@H](C(=O)O)c1ccccc1[C@H]1CC(C)(C)CCO1. The second-order valence-electron chi connectivity index (χ2n) is 6.17. The summed E-state index contributed by atoms with van der Waals surface area (Å²) in [5.74, 6) is -1.28. The number of carboxylic acids is 1. The van der Waals surface area contributed by atoms with Crippen molar-refractivity contribution in [3.63, 3.8) is 0 Å². The number of hydrogen-bond donors (Lipinski definition) is 1. The fourth-order valence-corrected chi connectivity index (χ4v) is 2.67. The summed E-state index contributed by atoms with van der Waals surface area (Å²) in [6.45, 7) is 6.96. The minimum atomic E-state index is -0.789. The molecule has 0 radical (unpaired) electrons. The molecule has 0 aromatic heterocycles. The summed E-state index contributed by atoms with van der Waals surface area (Å²) < 4.78 is 5.88. The van der Waals surface area contributed by atoms with E-state index in [4.69, 9.17) is 4.74 Å². The van der Waals surface area contributed by atoms with E-state index in [9.17, 15) is 9.90 Å². The summed E-state index contributed by atoms with van der Waals surface area (Å²) in [6.07, 6.45) is 2.01. The van der Waals surface area contributed by atoms with Gasteiger partial charge in [-0.1, -0.05) is 38.1 Å². The first kappa shape index (κ1) is 14.1. The Morgan fingerprint density at radius 1 is 1.42 bits per heavy atom. The number of carboxylic acid groups (broad SMARTS) is 1. The van der Waals surface area contributed by atoms with Crippen molar-refractivity contribution in [2.45, 2.75) is 45.6 Å². The Labute approximate surface area is 114 Å². The number of rotatable bonds is 3. The van der Waals surface area contributed by atoms with E-state index in [2.05, 4.69) is 13.8 Å². The third-order valence-corrected chi connectivity index (χ3v) is 4.02. The molecule has 0 saturated carbocycles. The molecular formula is C16H22O3. The summed E-state index contributed by atoms with van der Waals surface area (Å²) in [5, 5.41) is 9.22. The summed E-state index contributed by atoms with van der Waals surface area (Å²) in [4.78, 5) is 11.2. The highest BCUT2D eigenvalue weighted by Crippen LogP contribution is 2.41. The van der Waals surface area contributed by atoms with E-state index in [0.717, 1.165) is 30.6 Å². The van der Waals surface area contributed by atoms with E-state index >= 15 is 0 Å². The summed E-state index contributed by atoms with van der Waals surface area (Å²) in [5.41, 5.74) is 2.16. The molecule has 1 fully saturated rings. The van der Waals surface area contributed by atoms with Crippen molar-refractivity contribution >= 4 is 5.97 Å². The Kier molecular flexibility index (Phi) is 3.95. The van der Waals surface area contributed by atoms with E-state index in [-0.39, 0.29) is 11.5 Å². The number of hydrogen-bond acceptors (Lipinski definition) is 2. The zero-order valence-electron chi connectivity index (χ0n) is 11.8. The quantitative estimate of drug-likeness (QED) is 0.902. The Balaban J connectivity index is 2.32. The van der Waals surface area contributed by atoms with Crippen molar-refractivity contribution in [2.24, 2.45) is 5.41 Å². The molecule has 1 aliphatic heterocycles. The fraction of sp³-hybridized carbons (Fsp3) is 0.562. The van der Waals surface area contributed by atoms with Gasteiger partial charge < -0.3 is 9.84 Å². The van der Waals surface area contributed by atoms with Crippen LogP contribution in [0.3, 0.4) is 0 Å². The number of ether oxygens (including phenoxy) is 1. The van der Waals surface area contributed by atoms with E-state index in [1.165, 1.54) is 0 Å². The molecule has 1 saturated heterocycles. The van der Waals surface area contributed by atoms with Crippen LogP contribution in [0.1, 0.15) is 56.8 Å². The van der Waals surface area contributed by atoms with Crippen LogP contribution in [0.15, 0.2) is 24.3 Å². The first-order valence-electron chi connectivity index (χ1n) is 6.84. The van der Waals surface area contributed by atoms with Crippen LogP contribution in [0.5, 0.6) is 0 Å². The highest BCUT2D eigenvalue weighted by molar-refractivity contribution is 5.76. The fourth-order valence-electron chi connectivity index (χ4n) is 2.67. The minimum absolute atomic E-state index is 0.0155. The molecule has 1 N–H and O–H groups in total. The molecule has 0 amide bonds. The van der Waals surface area contributed by atoms with Gasteiger partial charge in [0.15, 0.2) is 0 Å². The maximum atomic E-state index is 11.2. The van der Waals surface area contributed by atoms with Gasteiger partial charge in [-0.05, 0) is 36.3 Å². The molecule has 1 aliphatic rings. The van der Waals surface area contributed by atoms with Crippen LogP contribution in [0.25, 0.3) is 0 Å². The lowest BCUT2D eigenvalue weighted by molar-refractivity contribution is -0.138. The molecule has 1 aromatic rings. The molecule has 2 atom stereocenters. The Bertz CT molecular complexity index is 465. The van der Waals surface area contributed by atoms with Crippen molar-refractivity contribution in [3.05, 3.63) is 35.4 Å². The number of carbonyl (C=O) groups is 1. The van der Waals surface area contributed by atoms with Crippen molar-refractivity contribution in [3.8, 4) is 0 Å². The summed E-state index contributed by atoms with van der Waals surface area (Å²) in [7, 11) is 0. The van der Waals surface area contributed by atoms with Gasteiger partial charge in [-0.3, -0.25) is 4.79 Å². The highest BCUT2D eigenvalue weighted by Gasteiger charge is 2.31. The first-order chi connectivity index (χ1) is 8.91. The van der Waals surface area contributed by atoms with Crippen molar-refractivity contribution in [2.75, 3.05) is 6.61 Å². The van der Waals surface area contributed by atoms with E-state index in [0.29, 0.717) is 0 Å². The van der Waals surface area contributed by atoms with E-state index < -0.39 is 11.9 Å². The van der Waals surface area contributed by atoms with Crippen LogP contribution in [0.2, 0.25) is 0 Å². The Morgan fingerprint density at radius 3 is 2.74 bits per heavy atom. The third kappa shape index (κ3) is 3.16. The lowest BCUT2D eigenvalue weighted by Crippen LogP contribution is -2.27. The molecular weight excluding hydrogens is 240 g/mol. The maximum Gasteiger partial charge on any atom is 0.310 e. The Hall–Kier alpha value is -1.35. The van der Waals surface area contributed by atoms with Crippen LogP contribution in [0, 0.1) is 5.41 Å². The summed E-state index contributed by atoms with van der Waals surface area (Å²) in [6, 6.07) is 7.75. The minimum Gasteiger partial charge on any atom is -0.481 e. The van der Waals surface area contributed by atoms with Gasteiger partial charge in [-0.15, -0.1) is 0 Å². The molecule has 2 rings (SSSR count). The van der Waals surface area contributed by atoms with Crippen molar-refractivity contribution in [1.82, 2.24) is 0 Å². The van der Waals surface area contributed by atoms with E-state index in [1.807, 2.05) is 24.3 Å². The van der Waals surface area contributed by atoms with Gasteiger partial charge in [0.05, 0.1) is 12.0 Å². The lowest BCUT2D eigenvalue weighted by Gasteiger charge is -2.36. The predicted molar refractivity (Wildman–Crippen MR) is 74.2 cm³/mol. The molecule has 0 bridgehead atoms. The standard InChI is InChI=1S/C16H22O3/c1-11(15(17)18)12-6-4-5-7-13(12)14-10-16(2,3)8-9-19-14/h4-7,11,14H,8-10H2,1-3H3,(H,17,18)/t11-,14-/m1/s1. The monoisotopic (exact) mass is 262 g/mol. The largest absolute Gasteiger partial charge is 0.481 e. The van der Waals surface area contributed by atoms with Gasteiger partial charge in [0, 0.05) is 6.61 Å². The second-order valence-corrected chi connectivity index (χ2v) is 6.17. The molecule has 1 aromatic carbocycles. The zero-order valence-corrected chi connectivity index (χ0v) is 11.8. The molecule has 0 spiro atoms. The molecule has 19 heavy (non-hydrogen) atoms. The van der Waals surface area contributed by atoms with Crippen LogP contribution < -0.4 is 0 Å². The average Bonchev–Trinajstić information content (AvgIpc) is 2.36. The molecule has 3 heteroatoms. The maximum absolute atomic E-state index is 11.2. The second kappa shape index (κ2) is 5.33. The highest BCUT2D eigenvalue weighted by atomic mass is 16.5. The molecule has 3 nitrogen and oxygen atoms in total. The molecule has 104 valence electrons. The van der Waals surface area contributed by atoms with Gasteiger partial charge in [-0.25, -0.2) is 0 Å². The molecule has 0 unspecified atom stereocenters. The van der Waals surface area contributed by atoms with Crippen LogP contribution in [-0.2, 0) is 9.53 Å². The van der Waals surface area contributed by atoms with Crippen molar-refractivity contribution < 1.29 is 14.6 Å². The van der Waals surface area contributed by atoms with Crippen LogP contribution in [0.4, 0.5) is 0 Å². The number of aliphatic carboxylic acids is 1. The lowest BCUT2D eigenvalue weighted by atomic mass is 9.78. The van der Waals surface area contributed by atoms with Gasteiger partial charge in [0.1, 0.15) is 0 Å². The average molecular weight is 262 g/mol. The first-order valence-corrected chi connectivity index (χ1v) is 6.84. The van der Waals surface area contributed by atoms with E-state index in [1.54, 1.807) is 6.92 Å². The van der Waals surface area contributed by atoms with Crippen LogP contribution >= 0.6 is 0 Å². The Morgan fingerprint density at radius 2 is 2.11 bits per heavy atom. The predicted octanol–water partition coefficient (Wildman–Crippen LogP) is 3.75. The van der Waals surface area contributed by atoms with Gasteiger partial charge in [-0.2, -0.15) is 0 Å². The smallest absolute Gasteiger partial charge is 0.310 e. The van der Waals surface area contributed by atoms with Gasteiger partial charge >= 0.3 is 5.97 Å². The van der Waals surface area contributed by atoms with Gasteiger partial charge in [0.25, 0.3) is 0 Å². The topological polar surface area (TPSA) is 46.5 Å². The van der Waals surface area contributed by atoms with Crippen LogP contribution in [-0.4, -0.2) is 17.7 Å².